The van der Waals surface area contributed by atoms with Crippen LogP contribution in [0.2, 0.25) is 0 Å². The molecular formula is C10H15N3O2. The zero-order chi connectivity index (χ0) is 10.8. The van der Waals surface area contributed by atoms with Crippen molar-refractivity contribution in [1.29, 1.82) is 0 Å². The van der Waals surface area contributed by atoms with Crippen LogP contribution >= 0.6 is 0 Å². The van der Waals surface area contributed by atoms with Crippen molar-refractivity contribution >= 4 is 5.97 Å². The Bertz CT molecular complexity index is 367. The van der Waals surface area contributed by atoms with Crippen LogP contribution in [0.1, 0.15) is 40.5 Å². The molecule has 1 saturated heterocycles. The van der Waals surface area contributed by atoms with E-state index in [1.807, 2.05) is 0 Å². The smallest absolute Gasteiger partial charge is 0.339 e. The van der Waals surface area contributed by atoms with E-state index >= 15 is 0 Å². The molecule has 1 aliphatic rings. The number of hydrogen-bond donors (Lipinski definition) is 3. The van der Waals surface area contributed by atoms with Gasteiger partial charge < -0.3 is 10.4 Å². The number of hydrogen-bond acceptors (Lipinski definition) is 3. The first-order chi connectivity index (χ1) is 7.20. The van der Waals surface area contributed by atoms with Crippen LogP contribution in [0.25, 0.3) is 0 Å². The van der Waals surface area contributed by atoms with E-state index in [-0.39, 0.29) is 5.92 Å². The highest BCUT2D eigenvalue weighted by molar-refractivity contribution is 5.90. The maximum Gasteiger partial charge on any atom is 0.339 e. The van der Waals surface area contributed by atoms with Gasteiger partial charge in [0.1, 0.15) is 5.56 Å². The number of aromatic carboxylic acids is 1. The van der Waals surface area contributed by atoms with Gasteiger partial charge >= 0.3 is 5.97 Å². The van der Waals surface area contributed by atoms with Gasteiger partial charge in [-0.1, -0.05) is 0 Å². The molecule has 2 rings (SSSR count). The summed E-state index contributed by atoms with van der Waals surface area (Å²) in [7, 11) is 0. The van der Waals surface area contributed by atoms with Crippen molar-refractivity contribution in [3.8, 4) is 0 Å². The number of H-pyrrole nitrogens is 1. The number of aromatic amines is 1. The molecule has 5 nitrogen and oxygen atoms in total. The Kier molecular flexibility index (Phi) is 2.73. The van der Waals surface area contributed by atoms with Crippen molar-refractivity contribution in [2.45, 2.75) is 25.7 Å². The van der Waals surface area contributed by atoms with E-state index < -0.39 is 5.97 Å². The molecule has 1 atom stereocenters. The van der Waals surface area contributed by atoms with Gasteiger partial charge in [0.05, 0.1) is 5.69 Å². The molecule has 15 heavy (non-hydrogen) atoms. The third-order valence-corrected chi connectivity index (χ3v) is 2.87. The summed E-state index contributed by atoms with van der Waals surface area (Å²) in [5.41, 5.74) is 1.69. The van der Waals surface area contributed by atoms with Gasteiger partial charge in [-0.15, -0.1) is 0 Å². The molecule has 1 aliphatic heterocycles. The predicted octanol–water partition coefficient (Wildman–Crippen LogP) is 0.883. The summed E-state index contributed by atoms with van der Waals surface area (Å²) in [6.45, 7) is 3.59. The summed E-state index contributed by atoms with van der Waals surface area (Å²) >= 11 is 0. The lowest BCUT2D eigenvalue weighted by atomic mass is 9.93. The fraction of sp³-hybridized carbons (Fsp3) is 0.600. The molecule has 3 N–H and O–H groups in total. The van der Waals surface area contributed by atoms with Crippen molar-refractivity contribution in [3.05, 3.63) is 17.0 Å². The molecule has 1 aromatic rings. The maximum atomic E-state index is 11.1. The lowest BCUT2D eigenvalue weighted by molar-refractivity contribution is 0.0694. The summed E-state index contributed by atoms with van der Waals surface area (Å²) in [5.74, 6) is -0.656. The molecule has 0 radical (unpaired) electrons. The van der Waals surface area contributed by atoms with Gasteiger partial charge in [-0.2, -0.15) is 5.10 Å². The van der Waals surface area contributed by atoms with Gasteiger partial charge in [-0.25, -0.2) is 4.79 Å². The van der Waals surface area contributed by atoms with Gasteiger partial charge in [0.25, 0.3) is 0 Å². The molecule has 82 valence electrons. The lowest BCUT2D eigenvalue weighted by Gasteiger charge is -2.21. The molecule has 1 unspecified atom stereocenters. The molecule has 0 aliphatic carbocycles. The van der Waals surface area contributed by atoms with Crippen molar-refractivity contribution in [2.75, 3.05) is 13.1 Å². The Morgan fingerprint density at radius 3 is 3.00 bits per heavy atom. The molecule has 0 saturated carbocycles. The van der Waals surface area contributed by atoms with Crippen LogP contribution in [0.5, 0.6) is 0 Å². The fourth-order valence-corrected chi connectivity index (χ4v) is 2.10. The topological polar surface area (TPSA) is 78.0 Å². The molecule has 0 spiro atoms. The molecule has 0 bridgehead atoms. The average Bonchev–Trinajstić information content (AvgIpc) is 2.61. The second kappa shape index (κ2) is 4.02. The molecular weight excluding hydrogens is 194 g/mol. The molecule has 1 aromatic heterocycles. The van der Waals surface area contributed by atoms with Crippen LogP contribution in [0.4, 0.5) is 0 Å². The van der Waals surface area contributed by atoms with Gasteiger partial charge in [0.15, 0.2) is 0 Å². The normalized spacial score (nSPS) is 21.5. The van der Waals surface area contributed by atoms with Gasteiger partial charge in [-0.05, 0) is 26.3 Å². The standard InChI is InChI=1S/C10H15N3O2/c1-6-8(10(14)15)9(13-12-6)7-3-2-4-11-5-7/h7,11H,2-5H2,1H3,(H,12,13)(H,14,15). The number of carboxylic acids is 1. The molecule has 1 fully saturated rings. The number of piperidine rings is 1. The van der Waals surface area contributed by atoms with E-state index in [0.717, 1.165) is 25.9 Å². The minimum absolute atomic E-state index is 0.231. The second-order valence-corrected chi connectivity index (χ2v) is 3.96. The van der Waals surface area contributed by atoms with Gasteiger partial charge in [0, 0.05) is 18.2 Å². The quantitative estimate of drug-likeness (QED) is 0.675. The van der Waals surface area contributed by atoms with Crippen molar-refractivity contribution in [3.63, 3.8) is 0 Å². The van der Waals surface area contributed by atoms with Crippen LogP contribution < -0.4 is 5.32 Å². The first kappa shape index (κ1) is 10.2. The van der Waals surface area contributed by atoms with E-state index in [4.69, 9.17) is 5.11 Å². The Balaban J connectivity index is 2.30. The highest BCUT2D eigenvalue weighted by atomic mass is 16.4. The number of carboxylic acid groups (broad SMARTS) is 1. The largest absolute Gasteiger partial charge is 0.478 e. The monoisotopic (exact) mass is 209 g/mol. The number of aryl methyl sites for hydroxylation is 1. The third-order valence-electron chi connectivity index (χ3n) is 2.87. The summed E-state index contributed by atoms with van der Waals surface area (Å²) < 4.78 is 0. The SMILES string of the molecule is Cc1[nH]nc(C2CCCNC2)c1C(=O)O. The number of nitrogens with zero attached hydrogens (tertiary/aromatic N) is 1. The first-order valence-corrected chi connectivity index (χ1v) is 5.19. The molecule has 5 heteroatoms. The van der Waals surface area contributed by atoms with Gasteiger partial charge in [-0.3, -0.25) is 5.10 Å². The van der Waals surface area contributed by atoms with Crippen LogP contribution in [-0.2, 0) is 0 Å². The summed E-state index contributed by atoms with van der Waals surface area (Å²) in [6.07, 6.45) is 2.09. The highest BCUT2D eigenvalue weighted by Crippen LogP contribution is 2.25. The third kappa shape index (κ3) is 1.87. The zero-order valence-electron chi connectivity index (χ0n) is 8.71. The Morgan fingerprint density at radius 1 is 1.60 bits per heavy atom. The average molecular weight is 209 g/mol. The minimum Gasteiger partial charge on any atom is -0.478 e. The minimum atomic E-state index is -0.887. The molecule has 0 aromatic carbocycles. The summed E-state index contributed by atoms with van der Waals surface area (Å²) in [6, 6.07) is 0. The highest BCUT2D eigenvalue weighted by Gasteiger charge is 2.25. The van der Waals surface area contributed by atoms with Crippen molar-refractivity contribution < 1.29 is 9.90 Å². The zero-order valence-corrected chi connectivity index (χ0v) is 8.71. The molecule has 0 amide bonds. The predicted molar refractivity (Wildman–Crippen MR) is 55.1 cm³/mol. The lowest BCUT2D eigenvalue weighted by Crippen LogP contribution is -2.29. The van der Waals surface area contributed by atoms with E-state index in [1.54, 1.807) is 6.92 Å². The fourth-order valence-electron chi connectivity index (χ4n) is 2.10. The van der Waals surface area contributed by atoms with Crippen LogP contribution in [-0.4, -0.2) is 34.4 Å². The van der Waals surface area contributed by atoms with Crippen LogP contribution in [0.15, 0.2) is 0 Å². The Hall–Kier alpha value is -1.36. The number of aromatic nitrogens is 2. The second-order valence-electron chi connectivity index (χ2n) is 3.96. The van der Waals surface area contributed by atoms with Crippen LogP contribution in [0.3, 0.4) is 0 Å². The van der Waals surface area contributed by atoms with E-state index in [9.17, 15) is 4.79 Å². The van der Waals surface area contributed by atoms with Crippen LogP contribution in [0, 0.1) is 6.92 Å². The van der Waals surface area contributed by atoms with Crippen molar-refractivity contribution in [1.82, 2.24) is 15.5 Å². The number of rotatable bonds is 2. The Labute approximate surface area is 87.9 Å². The van der Waals surface area contributed by atoms with Crippen molar-refractivity contribution in [2.24, 2.45) is 0 Å². The number of carbonyl (C=O) groups is 1. The van der Waals surface area contributed by atoms with E-state index in [0.29, 0.717) is 17.0 Å². The summed E-state index contributed by atoms with van der Waals surface area (Å²) in [5, 5.41) is 19.2. The number of nitrogens with one attached hydrogen (secondary N) is 2. The summed E-state index contributed by atoms with van der Waals surface area (Å²) in [4.78, 5) is 11.1. The molecule has 2 heterocycles. The first-order valence-electron chi connectivity index (χ1n) is 5.19. The van der Waals surface area contributed by atoms with Gasteiger partial charge in [0.2, 0.25) is 0 Å². The Morgan fingerprint density at radius 2 is 2.40 bits per heavy atom. The van der Waals surface area contributed by atoms with E-state index in [2.05, 4.69) is 15.5 Å². The maximum absolute atomic E-state index is 11.1. The van der Waals surface area contributed by atoms with E-state index in [1.165, 1.54) is 0 Å².